The van der Waals surface area contributed by atoms with Crippen LogP contribution < -0.4 is 9.64 Å². The van der Waals surface area contributed by atoms with E-state index in [-0.39, 0.29) is 0 Å². The number of hydrogen-bond donors (Lipinski definition) is 1. The van der Waals surface area contributed by atoms with E-state index in [0.717, 1.165) is 12.8 Å². The summed E-state index contributed by atoms with van der Waals surface area (Å²) in [6.07, 6.45) is 6.05. The first-order valence-electron chi connectivity index (χ1n) is 6.51. The Balaban J connectivity index is 2.38. The van der Waals surface area contributed by atoms with E-state index in [2.05, 4.69) is 9.97 Å². The van der Waals surface area contributed by atoms with Crippen LogP contribution in [0.5, 0.6) is 5.88 Å². The van der Waals surface area contributed by atoms with Crippen molar-refractivity contribution in [2.24, 2.45) is 0 Å². The first-order chi connectivity index (χ1) is 9.14. The predicted octanol–water partition coefficient (Wildman–Crippen LogP) is 1.71. The van der Waals surface area contributed by atoms with Crippen LogP contribution in [0.3, 0.4) is 0 Å². The molecule has 0 saturated carbocycles. The lowest BCUT2D eigenvalue weighted by Crippen LogP contribution is -2.51. The molecule has 1 atom stereocenters. The summed E-state index contributed by atoms with van der Waals surface area (Å²) in [7, 11) is 1.52. The van der Waals surface area contributed by atoms with Crippen LogP contribution in [-0.4, -0.2) is 40.2 Å². The van der Waals surface area contributed by atoms with Gasteiger partial charge in [0.05, 0.1) is 19.5 Å². The van der Waals surface area contributed by atoms with E-state index in [1.165, 1.54) is 13.3 Å². The molecule has 1 aromatic heterocycles. The maximum Gasteiger partial charge on any atom is 0.329 e. The van der Waals surface area contributed by atoms with Crippen LogP contribution in [0.25, 0.3) is 0 Å². The fourth-order valence-corrected chi connectivity index (χ4v) is 2.78. The molecular formula is C13H19N3O3. The molecule has 2 heterocycles. The van der Waals surface area contributed by atoms with Gasteiger partial charge in [0.2, 0.25) is 5.88 Å². The van der Waals surface area contributed by atoms with E-state index in [1.807, 2.05) is 11.8 Å². The van der Waals surface area contributed by atoms with Crippen LogP contribution in [0.4, 0.5) is 5.82 Å². The first-order valence-corrected chi connectivity index (χ1v) is 6.51. The van der Waals surface area contributed by atoms with E-state index < -0.39 is 11.5 Å². The van der Waals surface area contributed by atoms with Crippen molar-refractivity contribution >= 4 is 11.8 Å². The van der Waals surface area contributed by atoms with Gasteiger partial charge in [0, 0.05) is 6.54 Å². The monoisotopic (exact) mass is 265 g/mol. The average Bonchev–Trinajstić information content (AvgIpc) is 2.84. The summed E-state index contributed by atoms with van der Waals surface area (Å²) in [5.74, 6) is 0.198. The lowest BCUT2D eigenvalue weighted by atomic mass is 9.91. The topological polar surface area (TPSA) is 75.5 Å². The molecule has 104 valence electrons. The summed E-state index contributed by atoms with van der Waals surface area (Å²) in [5.41, 5.74) is -0.851. The Kier molecular flexibility index (Phi) is 3.87. The number of hydrogen-bond acceptors (Lipinski definition) is 5. The van der Waals surface area contributed by atoms with Crippen LogP contribution >= 0.6 is 0 Å². The number of aliphatic carboxylic acids is 1. The summed E-state index contributed by atoms with van der Waals surface area (Å²) in [6, 6.07) is 0. The first kappa shape index (κ1) is 13.6. The highest BCUT2D eigenvalue weighted by Gasteiger charge is 2.47. The van der Waals surface area contributed by atoms with Gasteiger partial charge in [0.15, 0.2) is 5.82 Å². The van der Waals surface area contributed by atoms with Gasteiger partial charge in [-0.3, -0.25) is 4.98 Å². The Morgan fingerprint density at radius 1 is 1.58 bits per heavy atom. The molecule has 1 aliphatic heterocycles. The molecular weight excluding hydrogens is 246 g/mol. The SMILES string of the molecule is CCCC1(C(=O)O)CCCN1c1cncc(OC)n1. The quantitative estimate of drug-likeness (QED) is 0.873. The number of nitrogens with zero attached hydrogens (tertiary/aromatic N) is 3. The molecule has 6 nitrogen and oxygen atoms in total. The minimum atomic E-state index is -0.851. The van der Waals surface area contributed by atoms with Gasteiger partial charge in [0.25, 0.3) is 0 Å². The third kappa shape index (κ3) is 2.34. The number of anilines is 1. The van der Waals surface area contributed by atoms with Crippen LogP contribution in [0.1, 0.15) is 32.6 Å². The minimum Gasteiger partial charge on any atom is -0.480 e. The zero-order valence-corrected chi connectivity index (χ0v) is 11.3. The van der Waals surface area contributed by atoms with Crippen LogP contribution in [0, 0.1) is 0 Å². The maximum absolute atomic E-state index is 11.7. The highest BCUT2D eigenvalue weighted by Crippen LogP contribution is 2.37. The molecule has 1 unspecified atom stereocenters. The van der Waals surface area contributed by atoms with Crippen molar-refractivity contribution in [3.8, 4) is 5.88 Å². The summed E-state index contributed by atoms with van der Waals surface area (Å²) < 4.78 is 5.06. The van der Waals surface area contributed by atoms with Crippen LogP contribution in [0.15, 0.2) is 12.4 Å². The number of methoxy groups -OCH3 is 1. The molecule has 0 radical (unpaired) electrons. The van der Waals surface area contributed by atoms with E-state index in [4.69, 9.17) is 4.74 Å². The lowest BCUT2D eigenvalue weighted by Gasteiger charge is -2.35. The largest absolute Gasteiger partial charge is 0.480 e. The number of rotatable bonds is 5. The van der Waals surface area contributed by atoms with Gasteiger partial charge in [-0.15, -0.1) is 0 Å². The van der Waals surface area contributed by atoms with Gasteiger partial charge < -0.3 is 14.7 Å². The third-order valence-corrected chi connectivity index (χ3v) is 3.64. The van der Waals surface area contributed by atoms with Crippen molar-refractivity contribution in [1.29, 1.82) is 0 Å². The molecule has 1 N–H and O–H groups in total. The molecule has 0 bridgehead atoms. The number of carbonyl (C=O) groups is 1. The summed E-state index contributed by atoms with van der Waals surface area (Å²) in [6.45, 7) is 2.69. The molecule has 1 fully saturated rings. The van der Waals surface area contributed by atoms with Crippen molar-refractivity contribution < 1.29 is 14.6 Å². The van der Waals surface area contributed by atoms with Crippen molar-refractivity contribution in [1.82, 2.24) is 9.97 Å². The second kappa shape index (κ2) is 5.42. The van der Waals surface area contributed by atoms with Crippen molar-refractivity contribution in [3.05, 3.63) is 12.4 Å². The number of ether oxygens (including phenoxy) is 1. The van der Waals surface area contributed by atoms with Crippen molar-refractivity contribution in [2.75, 3.05) is 18.6 Å². The lowest BCUT2D eigenvalue weighted by molar-refractivity contribution is -0.143. The van der Waals surface area contributed by atoms with Crippen LogP contribution in [-0.2, 0) is 4.79 Å². The molecule has 0 spiro atoms. The van der Waals surface area contributed by atoms with Crippen LogP contribution in [0.2, 0.25) is 0 Å². The molecule has 0 aromatic carbocycles. The number of carboxylic acid groups (broad SMARTS) is 1. The van der Waals surface area contributed by atoms with E-state index >= 15 is 0 Å². The van der Waals surface area contributed by atoms with Gasteiger partial charge in [-0.1, -0.05) is 13.3 Å². The molecule has 6 heteroatoms. The molecule has 1 aromatic rings. The Labute approximate surface area is 112 Å². The van der Waals surface area contributed by atoms with Gasteiger partial charge in [0.1, 0.15) is 5.54 Å². The Morgan fingerprint density at radius 3 is 3.00 bits per heavy atom. The highest BCUT2D eigenvalue weighted by molar-refractivity contribution is 5.84. The molecule has 0 aliphatic carbocycles. The van der Waals surface area contributed by atoms with E-state index in [9.17, 15) is 9.90 Å². The van der Waals surface area contributed by atoms with Crippen molar-refractivity contribution in [3.63, 3.8) is 0 Å². The number of carboxylic acids is 1. The fraction of sp³-hybridized carbons (Fsp3) is 0.615. The second-order valence-corrected chi connectivity index (χ2v) is 4.76. The smallest absolute Gasteiger partial charge is 0.329 e. The summed E-state index contributed by atoms with van der Waals surface area (Å²) in [5, 5.41) is 9.63. The zero-order chi connectivity index (χ0) is 13.9. The molecule has 1 aliphatic rings. The van der Waals surface area contributed by atoms with E-state index in [1.54, 1.807) is 6.20 Å². The van der Waals surface area contributed by atoms with Gasteiger partial charge in [-0.25, -0.2) is 4.79 Å². The standard InChI is InChI=1S/C13H19N3O3/c1-3-5-13(12(17)18)6-4-7-16(13)10-8-14-9-11(15-10)19-2/h8-9H,3-7H2,1-2H3,(H,17,18). The normalized spacial score (nSPS) is 22.5. The third-order valence-electron chi connectivity index (χ3n) is 3.64. The second-order valence-electron chi connectivity index (χ2n) is 4.76. The molecule has 2 rings (SSSR count). The zero-order valence-electron chi connectivity index (χ0n) is 11.3. The van der Waals surface area contributed by atoms with Gasteiger partial charge >= 0.3 is 5.97 Å². The number of aromatic nitrogens is 2. The summed E-state index contributed by atoms with van der Waals surface area (Å²) in [4.78, 5) is 22.0. The fourth-order valence-electron chi connectivity index (χ4n) is 2.78. The minimum absolute atomic E-state index is 0.403. The average molecular weight is 265 g/mol. The predicted molar refractivity (Wildman–Crippen MR) is 70.4 cm³/mol. The molecule has 1 saturated heterocycles. The molecule has 0 amide bonds. The van der Waals surface area contributed by atoms with Crippen molar-refractivity contribution in [2.45, 2.75) is 38.1 Å². The maximum atomic E-state index is 11.7. The van der Waals surface area contributed by atoms with Gasteiger partial charge in [-0.05, 0) is 19.3 Å². The Bertz CT molecular complexity index is 466. The Morgan fingerprint density at radius 2 is 2.37 bits per heavy atom. The summed E-state index contributed by atoms with van der Waals surface area (Å²) >= 11 is 0. The highest BCUT2D eigenvalue weighted by atomic mass is 16.5. The molecule has 19 heavy (non-hydrogen) atoms. The Hall–Kier alpha value is -1.85. The van der Waals surface area contributed by atoms with Gasteiger partial charge in [-0.2, -0.15) is 4.98 Å². The van der Waals surface area contributed by atoms with E-state index in [0.29, 0.717) is 31.1 Å².